The first kappa shape index (κ1) is 30.9. The third kappa shape index (κ3) is 5.48. The van der Waals surface area contributed by atoms with Gasteiger partial charge in [-0.2, -0.15) is 5.06 Å². The highest BCUT2D eigenvalue weighted by molar-refractivity contribution is 9.10. The van der Waals surface area contributed by atoms with Crippen LogP contribution in [0.25, 0.3) is 11.1 Å². The average Bonchev–Trinajstić information content (AvgIpc) is 3.28. The summed E-state index contributed by atoms with van der Waals surface area (Å²) in [5.74, 6) is 1.16. The molecule has 10 heteroatoms. The van der Waals surface area contributed by atoms with Crippen LogP contribution in [-0.2, 0) is 16.2 Å². The number of fused-ring (bicyclic) bond motifs is 2. The van der Waals surface area contributed by atoms with Crippen molar-refractivity contribution in [2.45, 2.75) is 71.5 Å². The Labute approximate surface area is 256 Å². The van der Waals surface area contributed by atoms with Crippen LogP contribution in [0.4, 0.5) is 0 Å². The molecule has 2 amide bonds. The predicted octanol–water partition coefficient (Wildman–Crippen LogP) is 4.07. The monoisotopic (exact) mass is 642 g/mol. The van der Waals surface area contributed by atoms with Gasteiger partial charge in [0.2, 0.25) is 5.91 Å². The summed E-state index contributed by atoms with van der Waals surface area (Å²) in [5.41, 5.74) is 9.55. The first-order valence-electron chi connectivity index (χ1n) is 14.7. The number of nitrogens with one attached hydrogen (secondary N) is 2. The second-order valence-electron chi connectivity index (χ2n) is 12.8. The minimum atomic E-state index is -0.852. The van der Waals surface area contributed by atoms with Gasteiger partial charge in [-0.1, -0.05) is 54.9 Å². The SMILES string of the molecule is CNC(=O)c1cc(Br)cc(-c2cccc(CN3OC(N)C(C(C)O)[C@H]3C(=O)N[C@H]3C[C@H]4C[C@@H]([C@@H]3C)C4(C)C)c2OC)c1. The molecule has 4 aliphatic rings. The highest BCUT2D eigenvalue weighted by Crippen LogP contribution is 2.61. The fourth-order valence-electron chi connectivity index (χ4n) is 7.62. The number of rotatable bonds is 8. The average molecular weight is 644 g/mol. The van der Waals surface area contributed by atoms with E-state index >= 15 is 0 Å². The van der Waals surface area contributed by atoms with Gasteiger partial charge in [-0.25, -0.2) is 0 Å². The van der Waals surface area contributed by atoms with Crippen LogP contribution in [0, 0.1) is 29.1 Å². The standard InChI is InChI=1S/C32H43BrN4O5/c1-16-24-13-21(32(24,3)4)14-25(16)36-31(40)27-26(17(2)38)29(34)42-37(27)15-18-8-7-9-23(28(18)41-6)19-10-20(30(39)35-5)12-22(33)11-19/h7-12,16-17,21,24-27,29,38H,13-15,34H2,1-6H3,(H,35,39)(H,36,40)/t16-,17?,21+,24-,25-,26?,27-,29?/m0/s1. The van der Waals surface area contributed by atoms with Crippen LogP contribution in [0.1, 0.15) is 56.5 Å². The minimum absolute atomic E-state index is 0.0755. The van der Waals surface area contributed by atoms with Crippen molar-refractivity contribution in [2.75, 3.05) is 14.2 Å². The first-order valence-corrected chi connectivity index (χ1v) is 15.5. The van der Waals surface area contributed by atoms with Gasteiger partial charge in [-0.05, 0) is 66.7 Å². The number of hydrogen-bond acceptors (Lipinski definition) is 7. The second-order valence-corrected chi connectivity index (χ2v) is 13.7. The van der Waals surface area contributed by atoms with Crippen molar-refractivity contribution in [3.05, 3.63) is 52.0 Å². The zero-order chi connectivity index (χ0) is 30.5. The summed E-state index contributed by atoms with van der Waals surface area (Å²) in [6, 6.07) is 10.5. The maximum Gasteiger partial charge on any atom is 0.251 e. The Kier molecular flexibility index (Phi) is 8.75. The van der Waals surface area contributed by atoms with E-state index < -0.39 is 24.3 Å². The lowest BCUT2D eigenvalue weighted by molar-refractivity contribution is -0.176. The smallest absolute Gasteiger partial charge is 0.251 e. The molecule has 4 fully saturated rings. The lowest BCUT2D eigenvalue weighted by Crippen LogP contribution is -2.62. The number of halogens is 1. The van der Waals surface area contributed by atoms with Gasteiger partial charge in [0.25, 0.3) is 5.91 Å². The molecule has 3 saturated carbocycles. The number of ether oxygens (including phenoxy) is 1. The Bertz CT molecular complexity index is 1350. The molecule has 5 N–H and O–H groups in total. The fraction of sp³-hybridized carbons (Fsp3) is 0.562. The number of nitrogens with zero attached hydrogens (tertiary/aromatic N) is 1. The van der Waals surface area contributed by atoms with Gasteiger partial charge in [-0.3, -0.25) is 14.4 Å². The molecule has 2 aromatic carbocycles. The molecule has 1 heterocycles. The van der Waals surface area contributed by atoms with Crippen molar-refractivity contribution < 1.29 is 24.3 Å². The van der Waals surface area contributed by atoms with Gasteiger partial charge < -0.3 is 26.2 Å². The zero-order valence-electron chi connectivity index (χ0n) is 25.2. The number of aliphatic hydroxyl groups is 1. The normalized spacial score (nSPS) is 30.7. The van der Waals surface area contributed by atoms with Crippen LogP contribution in [0.3, 0.4) is 0 Å². The molecule has 0 aromatic heterocycles. The third-order valence-electron chi connectivity index (χ3n) is 10.1. The summed E-state index contributed by atoms with van der Waals surface area (Å²) in [6.45, 7) is 8.77. The van der Waals surface area contributed by atoms with E-state index in [2.05, 4.69) is 47.3 Å². The number of carbonyl (C=O) groups excluding carboxylic acids is 2. The second kappa shape index (κ2) is 11.9. The van der Waals surface area contributed by atoms with Gasteiger partial charge in [0.1, 0.15) is 18.0 Å². The van der Waals surface area contributed by atoms with Gasteiger partial charge in [-0.15, -0.1) is 0 Å². The fourth-order valence-corrected chi connectivity index (χ4v) is 8.11. The molecule has 8 atom stereocenters. The molecule has 0 spiro atoms. The molecule has 3 unspecified atom stereocenters. The number of carbonyl (C=O) groups is 2. The molecule has 0 radical (unpaired) electrons. The predicted molar refractivity (Wildman–Crippen MR) is 164 cm³/mol. The van der Waals surface area contributed by atoms with Crippen molar-refractivity contribution >= 4 is 27.7 Å². The Morgan fingerprint density at radius 1 is 1.26 bits per heavy atom. The molecule has 42 heavy (non-hydrogen) atoms. The molecule has 2 aromatic rings. The highest BCUT2D eigenvalue weighted by Gasteiger charge is 2.57. The molecule has 6 rings (SSSR count). The number of hydrogen-bond donors (Lipinski definition) is 4. The summed E-state index contributed by atoms with van der Waals surface area (Å²) in [5, 5.41) is 18.3. The number of hydroxylamine groups is 2. The van der Waals surface area contributed by atoms with Gasteiger partial charge in [0.05, 0.1) is 25.7 Å². The molecular weight excluding hydrogens is 600 g/mol. The molecule has 1 saturated heterocycles. The number of amides is 2. The molecule has 1 aliphatic heterocycles. The number of para-hydroxylation sites is 1. The summed E-state index contributed by atoms with van der Waals surface area (Å²) < 4.78 is 6.66. The van der Waals surface area contributed by atoms with Crippen LogP contribution in [0.2, 0.25) is 0 Å². The van der Waals surface area contributed by atoms with Crippen molar-refractivity contribution in [3.63, 3.8) is 0 Å². The van der Waals surface area contributed by atoms with Gasteiger partial charge in [0, 0.05) is 34.3 Å². The van der Waals surface area contributed by atoms with E-state index in [-0.39, 0.29) is 24.4 Å². The van der Waals surface area contributed by atoms with Crippen LogP contribution in [0.15, 0.2) is 40.9 Å². The molecular formula is C32H43BrN4O5. The summed E-state index contributed by atoms with van der Waals surface area (Å²) in [7, 11) is 3.19. The number of nitrogens with two attached hydrogens (primary N) is 1. The van der Waals surface area contributed by atoms with Crippen LogP contribution in [-0.4, -0.2) is 60.6 Å². The summed E-state index contributed by atoms with van der Waals surface area (Å²) in [4.78, 5) is 32.4. The molecule has 228 valence electrons. The third-order valence-corrected chi connectivity index (χ3v) is 10.6. The van der Waals surface area contributed by atoms with E-state index in [0.717, 1.165) is 27.6 Å². The minimum Gasteiger partial charge on any atom is -0.496 e. The quantitative estimate of drug-likeness (QED) is 0.342. The zero-order valence-corrected chi connectivity index (χ0v) is 26.8. The van der Waals surface area contributed by atoms with Crippen molar-refractivity contribution in [1.82, 2.24) is 15.7 Å². The first-order chi connectivity index (χ1) is 19.9. The maximum atomic E-state index is 13.9. The van der Waals surface area contributed by atoms with E-state index in [1.54, 1.807) is 32.2 Å². The van der Waals surface area contributed by atoms with Crippen molar-refractivity contribution in [3.8, 4) is 16.9 Å². The largest absolute Gasteiger partial charge is 0.496 e. The molecule has 2 bridgehead atoms. The van der Waals surface area contributed by atoms with Crippen molar-refractivity contribution in [2.24, 2.45) is 34.8 Å². The number of benzene rings is 2. The lowest BCUT2D eigenvalue weighted by Gasteiger charge is -2.62. The maximum absolute atomic E-state index is 13.9. The van der Waals surface area contributed by atoms with Crippen LogP contribution in [0.5, 0.6) is 5.75 Å². The van der Waals surface area contributed by atoms with E-state index in [4.69, 9.17) is 15.3 Å². The van der Waals surface area contributed by atoms with E-state index in [1.807, 2.05) is 30.3 Å². The van der Waals surface area contributed by atoms with Gasteiger partial charge in [0.15, 0.2) is 0 Å². The Morgan fingerprint density at radius 3 is 2.62 bits per heavy atom. The van der Waals surface area contributed by atoms with Crippen molar-refractivity contribution in [1.29, 1.82) is 0 Å². The van der Waals surface area contributed by atoms with Crippen LogP contribution >= 0.6 is 15.9 Å². The summed E-state index contributed by atoms with van der Waals surface area (Å²) in [6.07, 6.45) is 0.482. The molecule has 9 nitrogen and oxygen atoms in total. The van der Waals surface area contributed by atoms with Gasteiger partial charge >= 0.3 is 0 Å². The number of aliphatic hydroxyl groups excluding tert-OH is 1. The Hall–Kier alpha value is -2.50. The lowest BCUT2D eigenvalue weighted by atomic mass is 9.45. The van der Waals surface area contributed by atoms with E-state index in [9.17, 15) is 14.7 Å². The topological polar surface area (TPSA) is 126 Å². The Morgan fingerprint density at radius 2 is 2.00 bits per heavy atom. The van der Waals surface area contributed by atoms with E-state index in [1.165, 1.54) is 6.42 Å². The van der Waals surface area contributed by atoms with E-state index in [0.29, 0.717) is 34.5 Å². The Balaban J connectivity index is 1.43. The molecule has 3 aliphatic carbocycles. The summed E-state index contributed by atoms with van der Waals surface area (Å²) >= 11 is 3.52. The highest BCUT2D eigenvalue weighted by atomic mass is 79.9. The van der Waals surface area contributed by atoms with Crippen LogP contribution < -0.4 is 21.1 Å². The number of methoxy groups -OCH3 is 1.